The van der Waals surface area contributed by atoms with Gasteiger partial charge in [0, 0.05) is 31.2 Å². The van der Waals surface area contributed by atoms with E-state index in [1.165, 1.54) is 17.2 Å². The van der Waals surface area contributed by atoms with Gasteiger partial charge in [-0.2, -0.15) is 0 Å². The van der Waals surface area contributed by atoms with E-state index in [2.05, 4.69) is 24.1 Å². The molecule has 0 saturated carbocycles. The highest BCUT2D eigenvalue weighted by molar-refractivity contribution is 5.30. The van der Waals surface area contributed by atoms with Gasteiger partial charge >= 0.3 is 0 Å². The molecule has 1 unspecified atom stereocenters. The minimum Gasteiger partial charge on any atom is -0.300 e. The number of rotatable bonds is 4. The molecule has 5 heteroatoms. The van der Waals surface area contributed by atoms with Crippen LogP contribution in [0.4, 0.5) is 13.2 Å². The van der Waals surface area contributed by atoms with E-state index in [9.17, 15) is 13.2 Å². The molecule has 0 N–H and O–H groups in total. The molecule has 1 aliphatic rings. The fourth-order valence-corrected chi connectivity index (χ4v) is 3.33. The zero-order valence-electron chi connectivity index (χ0n) is 13.9. The fourth-order valence-electron chi connectivity index (χ4n) is 3.33. The normalized spacial score (nSPS) is 18.0. The molecule has 1 atom stereocenters. The highest BCUT2D eigenvalue weighted by atomic mass is 19.2. The van der Waals surface area contributed by atoms with Gasteiger partial charge < -0.3 is 4.90 Å². The Morgan fingerprint density at radius 3 is 2.50 bits per heavy atom. The summed E-state index contributed by atoms with van der Waals surface area (Å²) in [6.07, 6.45) is 0.928. The summed E-state index contributed by atoms with van der Waals surface area (Å²) in [5.74, 6) is -3.64. The van der Waals surface area contributed by atoms with E-state index >= 15 is 0 Å². The van der Waals surface area contributed by atoms with Crippen LogP contribution < -0.4 is 0 Å². The molecule has 0 aliphatic carbocycles. The Balaban J connectivity index is 1.67. The van der Waals surface area contributed by atoms with Crippen molar-refractivity contribution in [2.24, 2.45) is 0 Å². The molecule has 128 valence electrons. The number of fused-ring (bicyclic) bond motifs is 1. The van der Waals surface area contributed by atoms with Crippen LogP contribution >= 0.6 is 0 Å². The second-order valence-electron chi connectivity index (χ2n) is 6.57. The minimum absolute atomic E-state index is 0.176. The fraction of sp³-hybridized carbons (Fsp3) is 0.368. The summed E-state index contributed by atoms with van der Waals surface area (Å²) in [6.45, 7) is 1.85. The van der Waals surface area contributed by atoms with Gasteiger partial charge in [-0.15, -0.1) is 0 Å². The molecule has 0 spiro atoms. The van der Waals surface area contributed by atoms with Gasteiger partial charge in [0.1, 0.15) is 0 Å². The van der Waals surface area contributed by atoms with Crippen molar-refractivity contribution in [2.45, 2.75) is 25.6 Å². The zero-order chi connectivity index (χ0) is 17.3. The first-order valence-corrected chi connectivity index (χ1v) is 8.03. The van der Waals surface area contributed by atoms with Gasteiger partial charge in [-0.1, -0.05) is 30.3 Å². The highest BCUT2D eigenvalue weighted by Crippen LogP contribution is 2.23. The number of benzene rings is 2. The average Bonchev–Trinajstić information content (AvgIpc) is 2.56. The molecular formula is C19H21F3N2. The third-order valence-corrected chi connectivity index (χ3v) is 4.69. The van der Waals surface area contributed by atoms with Crippen molar-refractivity contribution in [1.82, 2.24) is 9.80 Å². The third-order valence-electron chi connectivity index (χ3n) is 4.69. The molecule has 0 fully saturated rings. The smallest absolute Gasteiger partial charge is 0.194 e. The lowest BCUT2D eigenvalue weighted by Crippen LogP contribution is -2.44. The monoisotopic (exact) mass is 334 g/mol. The quantitative estimate of drug-likeness (QED) is 0.789. The van der Waals surface area contributed by atoms with Gasteiger partial charge in [0.15, 0.2) is 17.5 Å². The van der Waals surface area contributed by atoms with Crippen LogP contribution in [0.2, 0.25) is 0 Å². The van der Waals surface area contributed by atoms with Crippen LogP contribution in [0.25, 0.3) is 0 Å². The van der Waals surface area contributed by atoms with Crippen molar-refractivity contribution < 1.29 is 13.2 Å². The number of nitrogens with zero attached hydrogens (tertiary/aromatic N) is 2. The predicted molar refractivity (Wildman–Crippen MR) is 88.1 cm³/mol. The van der Waals surface area contributed by atoms with Crippen LogP contribution in [0, 0.1) is 17.5 Å². The molecule has 0 bridgehead atoms. The molecule has 2 nitrogen and oxygen atoms in total. The molecule has 3 rings (SSSR count). The van der Waals surface area contributed by atoms with Gasteiger partial charge in [0.25, 0.3) is 0 Å². The highest BCUT2D eigenvalue weighted by Gasteiger charge is 2.24. The van der Waals surface area contributed by atoms with Gasteiger partial charge in [-0.3, -0.25) is 4.90 Å². The Morgan fingerprint density at radius 2 is 1.75 bits per heavy atom. The molecule has 24 heavy (non-hydrogen) atoms. The first-order chi connectivity index (χ1) is 11.5. The first-order valence-electron chi connectivity index (χ1n) is 8.03. The van der Waals surface area contributed by atoms with E-state index in [4.69, 9.17) is 0 Å². The van der Waals surface area contributed by atoms with Crippen molar-refractivity contribution >= 4 is 0 Å². The molecule has 1 aliphatic heterocycles. The maximum atomic E-state index is 13.8. The average molecular weight is 334 g/mol. The van der Waals surface area contributed by atoms with E-state index in [1.807, 2.05) is 24.1 Å². The maximum absolute atomic E-state index is 13.8. The van der Waals surface area contributed by atoms with E-state index in [0.717, 1.165) is 25.6 Å². The summed E-state index contributed by atoms with van der Waals surface area (Å²) in [7, 11) is 3.95. The lowest BCUT2D eigenvalue weighted by Gasteiger charge is -2.36. The summed E-state index contributed by atoms with van der Waals surface area (Å²) in [5, 5.41) is 0. The summed E-state index contributed by atoms with van der Waals surface area (Å²) in [4.78, 5) is 4.23. The van der Waals surface area contributed by atoms with Crippen LogP contribution in [0.1, 0.15) is 16.7 Å². The molecule has 0 amide bonds. The van der Waals surface area contributed by atoms with E-state index in [1.54, 1.807) is 0 Å². The van der Waals surface area contributed by atoms with Crippen molar-refractivity contribution in [3.8, 4) is 0 Å². The van der Waals surface area contributed by atoms with Gasteiger partial charge in [0.05, 0.1) is 0 Å². The molecule has 0 saturated heterocycles. The van der Waals surface area contributed by atoms with Crippen LogP contribution in [-0.2, 0) is 19.5 Å². The van der Waals surface area contributed by atoms with Crippen LogP contribution in [0.3, 0.4) is 0 Å². The molecule has 2 aromatic rings. The Morgan fingerprint density at radius 1 is 1.04 bits per heavy atom. The van der Waals surface area contributed by atoms with Crippen molar-refractivity contribution in [3.63, 3.8) is 0 Å². The Kier molecular flexibility index (Phi) is 4.92. The lowest BCUT2D eigenvalue weighted by molar-refractivity contribution is 0.157. The third kappa shape index (κ3) is 3.47. The van der Waals surface area contributed by atoms with Crippen molar-refractivity contribution in [1.29, 1.82) is 0 Å². The molecule has 0 aromatic heterocycles. The number of hydrogen-bond donors (Lipinski definition) is 0. The topological polar surface area (TPSA) is 6.48 Å². The molecule has 1 heterocycles. The second kappa shape index (κ2) is 6.95. The summed E-state index contributed by atoms with van der Waals surface area (Å²) >= 11 is 0. The number of halogens is 3. The summed E-state index contributed by atoms with van der Waals surface area (Å²) < 4.78 is 40.2. The minimum atomic E-state index is -1.40. The Hall–Kier alpha value is -1.85. The van der Waals surface area contributed by atoms with E-state index in [0.29, 0.717) is 6.04 Å². The summed E-state index contributed by atoms with van der Waals surface area (Å²) in [6, 6.07) is 11.0. The first kappa shape index (κ1) is 17.0. The van der Waals surface area contributed by atoms with Gasteiger partial charge in [-0.05, 0) is 37.7 Å². The zero-order valence-corrected chi connectivity index (χ0v) is 13.9. The predicted octanol–water partition coefficient (Wildman–Crippen LogP) is 3.59. The van der Waals surface area contributed by atoms with Crippen molar-refractivity contribution in [2.75, 3.05) is 20.6 Å². The van der Waals surface area contributed by atoms with Gasteiger partial charge in [-0.25, -0.2) is 13.2 Å². The van der Waals surface area contributed by atoms with Crippen LogP contribution in [0.15, 0.2) is 36.4 Å². The Labute approximate surface area is 140 Å². The molecule has 0 radical (unpaired) electrons. The lowest BCUT2D eigenvalue weighted by atomic mass is 9.94. The molecular weight excluding hydrogens is 313 g/mol. The van der Waals surface area contributed by atoms with Crippen molar-refractivity contribution in [3.05, 3.63) is 70.5 Å². The summed E-state index contributed by atoms with van der Waals surface area (Å²) in [5.41, 5.74) is 2.86. The Bertz CT molecular complexity index is 733. The number of likely N-dealkylation sites (N-methyl/N-ethyl adjacent to an activating group) is 2. The second-order valence-corrected chi connectivity index (χ2v) is 6.57. The van der Waals surface area contributed by atoms with E-state index in [-0.39, 0.29) is 12.1 Å². The molecule has 2 aromatic carbocycles. The number of hydrogen-bond acceptors (Lipinski definition) is 2. The van der Waals surface area contributed by atoms with E-state index < -0.39 is 17.5 Å². The SMILES string of the molecule is CN(Cc1ccc(F)c(F)c1F)CC1Cc2ccccc2CN1C. The van der Waals surface area contributed by atoms with Crippen LogP contribution in [0.5, 0.6) is 0 Å². The largest absolute Gasteiger partial charge is 0.300 e. The van der Waals surface area contributed by atoms with Crippen LogP contribution in [-0.4, -0.2) is 36.5 Å². The maximum Gasteiger partial charge on any atom is 0.194 e. The van der Waals surface area contributed by atoms with Gasteiger partial charge in [0.2, 0.25) is 0 Å². The standard InChI is InChI=1S/C19H21F3N2/c1-23(10-15-7-8-17(20)19(22)18(15)21)12-16-9-13-5-3-4-6-14(13)11-24(16)2/h3-8,16H,9-12H2,1-2H3.